The van der Waals surface area contributed by atoms with Gasteiger partial charge in [-0.2, -0.15) is 0 Å². The molecule has 0 saturated carbocycles. The number of hydrogen-bond acceptors (Lipinski definition) is 4. The van der Waals surface area contributed by atoms with E-state index in [2.05, 4.69) is 5.32 Å². The van der Waals surface area contributed by atoms with Crippen molar-refractivity contribution in [2.24, 2.45) is 0 Å². The van der Waals surface area contributed by atoms with Crippen molar-refractivity contribution in [3.05, 3.63) is 95.0 Å². The van der Waals surface area contributed by atoms with Crippen molar-refractivity contribution >= 4 is 29.2 Å². The number of amides is 1. The maximum atomic E-state index is 12.9. The fourth-order valence-corrected chi connectivity index (χ4v) is 2.96. The van der Waals surface area contributed by atoms with Crippen molar-refractivity contribution in [2.75, 3.05) is 12.4 Å². The van der Waals surface area contributed by atoms with E-state index in [0.29, 0.717) is 27.6 Å². The largest absolute Gasteiger partial charge is 0.497 e. The van der Waals surface area contributed by atoms with Crippen LogP contribution in [0.4, 0.5) is 5.69 Å². The summed E-state index contributed by atoms with van der Waals surface area (Å²) in [6.07, 6.45) is -1.12. The molecule has 3 rings (SSSR count). The average Bonchev–Trinajstić information content (AvgIpc) is 2.75. The molecule has 29 heavy (non-hydrogen) atoms. The Balaban J connectivity index is 1.76. The van der Waals surface area contributed by atoms with Crippen LogP contribution in [0.3, 0.4) is 0 Å². The SMILES string of the molecule is COc1ccc(NC(=O)C(OC(=O)Cc2ccccc2Cl)c2ccccc2)cc1. The highest BCUT2D eigenvalue weighted by atomic mass is 35.5. The van der Waals surface area contributed by atoms with Crippen LogP contribution in [0.2, 0.25) is 5.02 Å². The number of hydrogen-bond donors (Lipinski definition) is 1. The number of carbonyl (C=O) groups is 2. The van der Waals surface area contributed by atoms with Crippen LogP contribution in [-0.4, -0.2) is 19.0 Å². The maximum Gasteiger partial charge on any atom is 0.311 e. The molecule has 5 nitrogen and oxygen atoms in total. The first-order valence-corrected chi connectivity index (χ1v) is 9.37. The summed E-state index contributed by atoms with van der Waals surface area (Å²) in [6, 6.07) is 22.8. The zero-order valence-electron chi connectivity index (χ0n) is 15.8. The highest BCUT2D eigenvalue weighted by Crippen LogP contribution is 2.23. The van der Waals surface area contributed by atoms with Gasteiger partial charge in [-0.05, 0) is 35.9 Å². The molecule has 0 radical (unpaired) electrons. The zero-order valence-corrected chi connectivity index (χ0v) is 16.6. The standard InChI is InChI=1S/C23H20ClNO4/c1-28-19-13-11-18(12-14-19)25-23(27)22(16-7-3-2-4-8-16)29-21(26)15-17-9-5-6-10-20(17)24/h2-14,22H,15H2,1H3,(H,25,27). The third-order valence-electron chi connectivity index (χ3n) is 4.24. The van der Waals surface area contributed by atoms with Gasteiger partial charge in [-0.1, -0.05) is 60.1 Å². The molecule has 0 fully saturated rings. The molecule has 0 spiro atoms. The van der Waals surface area contributed by atoms with Gasteiger partial charge in [-0.3, -0.25) is 9.59 Å². The lowest BCUT2D eigenvalue weighted by Crippen LogP contribution is -2.26. The smallest absolute Gasteiger partial charge is 0.311 e. The van der Waals surface area contributed by atoms with Gasteiger partial charge in [0.1, 0.15) is 5.75 Å². The minimum atomic E-state index is -1.09. The monoisotopic (exact) mass is 409 g/mol. The van der Waals surface area contributed by atoms with Crippen LogP contribution in [-0.2, 0) is 20.7 Å². The minimum absolute atomic E-state index is 0.0289. The fourth-order valence-electron chi connectivity index (χ4n) is 2.75. The van der Waals surface area contributed by atoms with Crippen LogP contribution in [0.25, 0.3) is 0 Å². The normalized spacial score (nSPS) is 11.4. The topological polar surface area (TPSA) is 64.6 Å². The van der Waals surface area contributed by atoms with Gasteiger partial charge in [0.05, 0.1) is 13.5 Å². The summed E-state index contributed by atoms with van der Waals surface area (Å²) in [6.45, 7) is 0. The molecule has 0 aliphatic rings. The van der Waals surface area contributed by atoms with Crippen LogP contribution in [0.15, 0.2) is 78.9 Å². The first kappa shape index (κ1) is 20.4. The van der Waals surface area contributed by atoms with Crippen LogP contribution in [0.1, 0.15) is 17.2 Å². The molecule has 0 aromatic heterocycles. The zero-order chi connectivity index (χ0) is 20.6. The number of halogens is 1. The number of methoxy groups -OCH3 is 1. The molecule has 1 amide bonds. The van der Waals surface area contributed by atoms with Gasteiger partial charge in [-0.15, -0.1) is 0 Å². The van der Waals surface area contributed by atoms with E-state index in [9.17, 15) is 9.59 Å². The van der Waals surface area contributed by atoms with Crippen molar-refractivity contribution in [1.82, 2.24) is 0 Å². The second-order valence-electron chi connectivity index (χ2n) is 6.27. The molecule has 3 aromatic carbocycles. The quantitative estimate of drug-likeness (QED) is 0.568. The van der Waals surface area contributed by atoms with Gasteiger partial charge in [0.25, 0.3) is 5.91 Å². The Labute approximate surface area is 174 Å². The van der Waals surface area contributed by atoms with E-state index in [4.69, 9.17) is 21.1 Å². The van der Waals surface area contributed by atoms with Gasteiger partial charge in [0.2, 0.25) is 6.10 Å². The molecule has 3 aromatic rings. The summed E-state index contributed by atoms with van der Waals surface area (Å²) in [5.41, 5.74) is 1.78. The van der Waals surface area contributed by atoms with E-state index >= 15 is 0 Å². The average molecular weight is 410 g/mol. The second-order valence-corrected chi connectivity index (χ2v) is 6.67. The Hall–Kier alpha value is -3.31. The number of esters is 1. The Morgan fingerprint density at radius 3 is 2.24 bits per heavy atom. The number of carbonyl (C=O) groups excluding carboxylic acids is 2. The van der Waals surface area contributed by atoms with Crippen molar-refractivity contribution in [3.63, 3.8) is 0 Å². The molecule has 0 heterocycles. The summed E-state index contributed by atoms with van der Waals surface area (Å²) < 4.78 is 10.7. The highest BCUT2D eigenvalue weighted by Gasteiger charge is 2.25. The molecule has 0 aliphatic carbocycles. The van der Waals surface area contributed by atoms with Crippen LogP contribution >= 0.6 is 11.6 Å². The molecule has 0 aliphatic heterocycles. The summed E-state index contributed by atoms with van der Waals surface area (Å²) in [5, 5.41) is 3.25. The van der Waals surface area contributed by atoms with Crippen molar-refractivity contribution in [1.29, 1.82) is 0 Å². The second kappa shape index (κ2) is 9.75. The number of anilines is 1. The van der Waals surface area contributed by atoms with E-state index in [0.717, 1.165) is 0 Å². The van der Waals surface area contributed by atoms with Crippen molar-refractivity contribution in [3.8, 4) is 5.75 Å². The lowest BCUT2D eigenvalue weighted by Gasteiger charge is -2.18. The lowest BCUT2D eigenvalue weighted by atomic mass is 10.1. The summed E-state index contributed by atoms with van der Waals surface area (Å²) in [5.74, 6) is -0.320. The first-order valence-electron chi connectivity index (χ1n) is 8.99. The Bertz CT molecular complexity index is 974. The maximum absolute atomic E-state index is 12.9. The molecule has 0 saturated heterocycles. The lowest BCUT2D eigenvalue weighted by molar-refractivity contribution is -0.154. The minimum Gasteiger partial charge on any atom is -0.497 e. The van der Waals surface area contributed by atoms with Crippen molar-refractivity contribution in [2.45, 2.75) is 12.5 Å². The molecule has 1 N–H and O–H groups in total. The van der Waals surface area contributed by atoms with Crippen LogP contribution in [0, 0.1) is 0 Å². The summed E-state index contributed by atoms with van der Waals surface area (Å²) in [7, 11) is 1.57. The molecule has 6 heteroatoms. The van der Waals surface area contributed by atoms with E-state index in [-0.39, 0.29) is 6.42 Å². The predicted octanol–water partition coefficient (Wildman–Crippen LogP) is 4.81. The van der Waals surface area contributed by atoms with Gasteiger partial charge in [0, 0.05) is 16.3 Å². The molecule has 1 unspecified atom stereocenters. The fraction of sp³-hybridized carbons (Fsp3) is 0.130. The van der Waals surface area contributed by atoms with E-state index < -0.39 is 18.0 Å². The first-order chi connectivity index (χ1) is 14.1. The number of ether oxygens (including phenoxy) is 2. The summed E-state index contributed by atoms with van der Waals surface area (Å²) in [4.78, 5) is 25.4. The Kier molecular flexibility index (Phi) is 6.87. The Morgan fingerprint density at radius 1 is 0.931 bits per heavy atom. The van der Waals surface area contributed by atoms with Crippen molar-refractivity contribution < 1.29 is 19.1 Å². The van der Waals surface area contributed by atoms with E-state index in [1.54, 1.807) is 79.9 Å². The van der Waals surface area contributed by atoms with E-state index in [1.165, 1.54) is 0 Å². The Morgan fingerprint density at radius 2 is 1.59 bits per heavy atom. The molecule has 1 atom stereocenters. The molecular weight excluding hydrogens is 390 g/mol. The predicted molar refractivity (Wildman–Crippen MR) is 112 cm³/mol. The molecular formula is C23H20ClNO4. The van der Waals surface area contributed by atoms with Gasteiger partial charge in [-0.25, -0.2) is 0 Å². The van der Waals surface area contributed by atoms with Crippen LogP contribution in [0.5, 0.6) is 5.75 Å². The van der Waals surface area contributed by atoms with Gasteiger partial charge < -0.3 is 14.8 Å². The third-order valence-corrected chi connectivity index (χ3v) is 4.61. The molecule has 148 valence electrons. The third kappa shape index (κ3) is 5.59. The molecule has 0 bridgehead atoms. The van der Waals surface area contributed by atoms with Gasteiger partial charge in [0.15, 0.2) is 0 Å². The van der Waals surface area contributed by atoms with Gasteiger partial charge >= 0.3 is 5.97 Å². The number of rotatable bonds is 7. The number of nitrogens with one attached hydrogen (secondary N) is 1. The van der Waals surface area contributed by atoms with E-state index in [1.807, 2.05) is 6.07 Å². The van der Waals surface area contributed by atoms with Crippen LogP contribution < -0.4 is 10.1 Å². The number of benzene rings is 3. The summed E-state index contributed by atoms with van der Waals surface area (Å²) >= 11 is 6.12. The highest BCUT2D eigenvalue weighted by molar-refractivity contribution is 6.31.